The molecule has 0 amide bonds. The van der Waals surface area contributed by atoms with Crippen LogP contribution in [0.25, 0.3) is 0 Å². The second kappa shape index (κ2) is 9.42. The van der Waals surface area contributed by atoms with Crippen molar-refractivity contribution < 1.29 is 21.6 Å². The predicted octanol–water partition coefficient (Wildman–Crippen LogP) is 0.117. The molecule has 0 spiro atoms. The minimum absolute atomic E-state index is 0.0414. The molecule has 0 aromatic rings. The van der Waals surface area contributed by atoms with E-state index >= 15 is 0 Å². The zero-order valence-corrected chi connectivity index (χ0v) is 14.8. The molecule has 0 bridgehead atoms. The third-order valence-corrected chi connectivity index (χ3v) is 4.99. The zero-order valence-electron chi connectivity index (χ0n) is 14.0. The molecule has 24 heavy (non-hydrogen) atoms. The van der Waals surface area contributed by atoms with E-state index in [9.17, 15) is 21.6 Å². The van der Waals surface area contributed by atoms with Crippen LogP contribution in [-0.4, -0.2) is 77.0 Å². The van der Waals surface area contributed by atoms with Gasteiger partial charge in [-0.3, -0.25) is 9.89 Å². The van der Waals surface area contributed by atoms with Gasteiger partial charge in [0.25, 0.3) is 0 Å². The summed E-state index contributed by atoms with van der Waals surface area (Å²) < 4.78 is 62.1. The number of hydrogen-bond acceptors (Lipinski definition) is 4. The number of rotatable bonds is 8. The van der Waals surface area contributed by atoms with Crippen molar-refractivity contribution in [1.29, 1.82) is 0 Å². The maximum absolute atomic E-state index is 12.4. The second-order valence-corrected chi connectivity index (χ2v) is 7.73. The number of halogens is 3. The summed E-state index contributed by atoms with van der Waals surface area (Å²) in [6.45, 7) is 2.21. The average Bonchev–Trinajstić information content (AvgIpc) is 2.90. The van der Waals surface area contributed by atoms with E-state index < -0.39 is 22.7 Å². The molecule has 0 aliphatic carbocycles. The number of aliphatic imine (C=N–C) groups is 1. The van der Waals surface area contributed by atoms with Gasteiger partial charge in [-0.1, -0.05) is 0 Å². The first-order valence-electron chi connectivity index (χ1n) is 7.89. The monoisotopic (exact) mass is 373 g/mol. The summed E-state index contributed by atoms with van der Waals surface area (Å²) in [5.74, 6) is 0.548. The fraction of sp³-hybridized carbons (Fsp3) is 0.923. The number of guanidine groups is 1. The molecule has 1 heterocycles. The Balaban J connectivity index is 2.24. The van der Waals surface area contributed by atoms with E-state index in [4.69, 9.17) is 0 Å². The average molecular weight is 373 g/mol. The first kappa shape index (κ1) is 21.0. The van der Waals surface area contributed by atoms with Gasteiger partial charge in [-0.15, -0.1) is 0 Å². The Labute approximate surface area is 141 Å². The number of hydrogen-bond donors (Lipinski definition) is 3. The summed E-state index contributed by atoms with van der Waals surface area (Å²) in [6, 6.07) is -0.0860. The molecule has 1 rings (SSSR count). The van der Waals surface area contributed by atoms with Crippen molar-refractivity contribution in [3.63, 3.8) is 0 Å². The number of alkyl halides is 3. The maximum Gasteiger partial charge on any atom is 0.401 e. The topological polar surface area (TPSA) is 85.8 Å². The highest BCUT2D eigenvalue weighted by atomic mass is 32.2. The van der Waals surface area contributed by atoms with Gasteiger partial charge in [-0.25, -0.2) is 13.1 Å². The van der Waals surface area contributed by atoms with Gasteiger partial charge < -0.3 is 10.6 Å². The summed E-state index contributed by atoms with van der Waals surface area (Å²) in [7, 11) is -1.61. The fourth-order valence-corrected chi connectivity index (χ4v) is 3.02. The van der Waals surface area contributed by atoms with Gasteiger partial charge in [0, 0.05) is 39.3 Å². The van der Waals surface area contributed by atoms with Crippen LogP contribution in [0.3, 0.4) is 0 Å². The number of sulfonamides is 1. The van der Waals surface area contributed by atoms with Gasteiger partial charge in [-0.05, 0) is 19.8 Å². The third-order valence-electron chi connectivity index (χ3n) is 3.59. The molecule has 1 fully saturated rings. The summed E-state index contributed by atoms with van der Waals surface area (Å²) in [4.78, 5) is 5.39. The van der Waals surface area contributed by atoms with Crippen LogP contribution in [-0.2, 0) is 10.0 Å². The van der Waals surface area contributed by atoms with Crippen LogP contribution in [0.1, 0.15) is 19.8 Å². The SMILES string of the molecule is CCS(=O)(=O)NCCCNC(=NC)NC1CCN(CC(F)(F)F)C1. The summed E-state index contributed by atoms with van der Waals surface area (Å²) >= 11 is 0. The van der Waals surface area contributed by atoms with E-state index in [-0.39, 0.29) is 11.8 Å². The fourth-order valence-electron chi connectivity index (χ4n) is 2.36. The molecule has 1 aliphatic rings. The largest absolute Gasteiger partial charge is 0.401 e. The smallest absolute Gasteiger partial charge is 0.356 e. The van der Waals surface area contributed by atoms with E-state index in [1.54, 1.807) is 14.0 Å². The van der Waals surface area contributed by atoms with E-state index in [2.05, 4.69) is 20.3 Å². The molecule has 1 unspecified atom stereocenters. The maximum atomic E-state index is 12.4. The lowest BCUT2D eigenvalue weighted by atomic mass is 10.3. The van der Waals surface area contributed by atoms with Crippen molar-refractivity contribution >= 4 is 16.0 Å². The van der Waals surface area contributed by atoms with Gasteiger partial charge in [0.15, 0.2) is 5.96 Å². The second-order valence-electron chi connectivity index (χ2n) is 5.63. The Morgan fingerprint density at radius 3 is 2.62 bits per heavy atom. The minimum Gasteiger partial charge on any atom is -0.356 e. The first-order chi connectivity index (χ1) is 11.1. The van der Waals surface area contributed by atoms with Crippen molar-refractivity contribution in [2.24, 2.45) is 4.99 Å². The highest BCUT2D eigenvalue weighted by Gasteiger charge is 2.34. The normalized spacial score (nSPS) is 20.4. The van der Waals surface area contributed by atoms with Crippen LogP contribution in [0, 0.1) is 0 Å². The molecule has 7 nitrogen and oxygen atoms in total. The van der Waals surface area contributed by atoms with E-state index in [1.165, 1.54) is 4.90 Å². The molecule has 1 atom stereocenters. The number of likely N-dealkylation sites (tertiary alicyclic amines) is 1. The molecule has 0 aromatic heterocycles. The molecule has 142 valence electrons. The Morgan fingerprint density at radius 2 is 2.04 bits per heavy atom. The van der Waals surface area contributed by atoms with Gasteiger partial charge in [0.2, 0.25) is 10.0 Å². The molecule has 1 aliphatic heterocycles. The zero-order chi connectivity index (χ0) is 18.2. The quantitative estimate of drug-likeness (QED) is 0.320. The molecular weight excluding hydrogens is 347 g/mol. The van der Waals surface area contributed by atoms with Crippen LogP contribution in [0.5, 0.6) is 0 Å². The lowest BCUT2D eigenvalue weighted by Gasteiger charge is -2.19. The Kier molecular flexibility index (Phi) is 8.23. The molecule has 3 N–H and O–H groups in total. The van der Waals surface area contributed by atoms with Crippen molar-refractivity contribution in [3.8, 4) is 0 Å². The lowest BCUT2D eigenvalue weighted by Crippen LogP contribution is -2.45. The highest BCUT2D eigenvalue weighted by Crippen LogP contribution is 2.19. The van der Waals surface area contributed by atoms with Crippen molar-refractivity contribution in [2.75, 3.05) is 45.5 Å². The Bertz CT molecular complexity index is 510. The highest BCUT2D eigenvalue weighted by molar-refractivity contribution is 7.89. The van der Waals surface area contributed by atoms with Crippen LogP contribution >= 0.6 is 0 Å². The van der Waals surface area contributed by atoms with E-state index in [1.807, 2.05) is 0 Å². The van der Waals surface area contributed by atoms with Crippen LogP contribution in [0.4, 0.5) is 13.2 Å². The molecule has 1 saturated heterocycles. The van der Waals surface area contributed by atoms with Crippen molar-refractivity contribution in [3.05, 3.63) is 0 Å². The Hall–Kier alpha value is -1.07. The van der Waals surface area contributed by atoms with Gasteiger partial charge in [0.05, 0.1) is 12.3 Å². The van der Waals surface area contributed by atoms with Crippen LogP contribution in [0.2, 0.25) is 0 Å². The lowest BCUT2D eigenvalue weighted by molar-refractivity contribution is -0.143. The van der Waals surface area contributed by atoms with Gasteiger partial charge in [0.1, 0.15) is 0 Å². The van der Waals surface area contributed by atoms with E-state index in [0.29, 0.717) is 45.0 Å². The predicted molar refractivity (Wildman–Crippen MR) is 87.5 cm³/mol. The number of nitrogens with one attached hydrogen (secondary N) is 3. The Morgan fingerprint density at radius 1 is 1.33 bits per heavy atom. The molecule has 11 heteroatoms. The minimum atomic E-state index is -4.18. The van der Waals surface area contributed by atoms with Crippen molar-refractivity contribution in [1.82, 2.24) is 20.3 Å². The van der Waals surface area contributed by atoms with Crippen molar-refractivity contribution in [2.45, 2.75) is 32.0 Å². The van der Waals surface area contributed by atoms with Crippen LogP contribution < -0.4 is 15.4 Å². The van der Waals surface area contributed by atoms with Gasteiger partial charge in [-0.2, -0.15) is 13.2 Å². The summed E-state index contributed by atoms with van der Waals surface area (Å²) in [5.41, 5.74) is 0. The van der Waals surface area contributed by atoms with Gasteiger partial charge >= 0.3 is 6.18 Å². The molecular formula is C13H26F3N5O2S. The summed E-state index contributed by atoms with van der Waals surface area (Å²) in [6.07, 6.45) is -2.99. The first-order valence-corrected chi connectivity index (χ1v) is 9.54. The molecule has 0 aromatic carbocycles. The number of nitrogens with zero attached hydrogens (tertiary/aromatic N) is 2. The van der Waals surface area contributed by atoms with Crippen LogP contribution in [0.15, 0.2) is 4.99 Å². The van der Waals surface area contributed by atoms with E-state index in [0.717, 1.165) is 0 Å². The third kappa shape index (κ3) is 8.69. The molecule has 0 saturated carbocycles. The standard InChI is InChI=1S/C13H26F3N5O2S/c1-3-24(22,23)19-7-4-6-18-12(17-2)20-11-5-8-21(9-11)10-13(14,15)16/h11,19H,3-10H2,1-2H3,(H2,17,18,20). The molecule has 0 radical (unpaired) electrons. The summed E-state index contributed by atoms with van der Waals surface area (Å²) in [5, 5.41) is 6.12.